The fourth-order valence-electron chi connectivity index (χ4n) is 1.80. The van der Waals surface area contributed by atoms with E-state index in [9.17, 15) is 9.59 Å². The molecule has 1 aromatic carbocycles. The summed E-state index contributed by atoms with van der Waals surface area (Å²) in [5.74, 6) is -1.23. The number of nitrogens with one attached hydrogen (secondary N) is 3. The largest absolute Gasteiger partial charge is 0.480 e. The molecule has 2 amide bonds. The van der Waals surface area contributed by atoms with Crippen LogP contribution in [-0.2, 0) is 11.3 Å². The van der Waals surface area contributed by atoms with Gasteiger partial charge in [0.05, 0.1) is 0 Å². The maximum atomic E-state index is 11.9. The molecule has 0 spiro atoms. The summed E-state index contributed by atoms with van der Waals surface area (Å²) >= 11 is 0. The van der Waals surface area contributed by atoms with Crippen molar-refractivity contribution in [3.8, 4) is 0 Å². The van der Waals surface area contributed by atoms with Crippen molar-refractivity contribution in [1.29, 1.82) is 0 Å². The van der Waals surface area contributed by atoms with Gasteiger partial charge in [-0.25, -0.2) is 9.59 Å². The Labute approximate surface area is 118 Å². The first-order valence-electron chi connectivity index (χ1n) is 6.48. The summed E-state index contributed by atoms with van der Waals surface area (Å²) in [5, 5.41) is 17.2. The van der Waals surface area contributed by atoms with Crippen LogP contribution in [-0.4, -0.2) is 30.2 Å². The van der Waals surface area contributed by atoms with Gasteiger partial charge in [-0.15, -0.1) is 0 Å². The van der Waals surface area contributed by atoms with Crippen LogP contribution < -0.4 is 16.0 Å². The van der Waals surface area contributed by atoms with Crippen molar-refractivity contribution in [1.82, 2.24) is 10.6 Å². The molecular weight excluding hydrogens is 258 g/mol. The first-order chi connectivity index (χ1) is 9.45. The second-order valence-electron chi connectivity index (χ2n) is 4.85. The van der Waals surface area contributed by atoms with Crippen molar-refractivity contribution < 1.29 is 14.7 Å². The Kier molecular flexibility index (Phi) is 5.99. The zero-order valence-corrected chi connectivity index (χ0v) is 11.9. The van der Waals surface area contributed by atoms with Crippen molar-refractivity contribution in [2.24, 2.45) is 5.92 Å². The third-order valence-electron chi connectivity index (χ3n) is 2.85. The smallest absolute Gasteiger partial charge is 0.326 e. The van der Waals surface area contributed by atoms with Crippen LogP contribution in [0.25, 0.3) is 0 Å². The molecule has 20 heavy (non-hydrogen) atoms. The summed E-state index contributed by atoms with van der Waals surface area (Å²) in [6.07, 6.45) is 0. The molecule has 0 aliphatic carbocycles. The highest BCUT2D eigenvalue weighted by Gasteiger charge is 2.23. The Morgan fingerprint density at radius 1 is 1.25 bits per heavy atom. The molecule has 0 aromatic heterocycles. The van der Waals surface area contributed by atoms with Gasteiger partial charge in [-0.3, -0.25) is 0 Å². The van der Waals surface area contributed by atoms with Crippen LogP contribution in [0.1, 0.15) is 19.4 Å². The summed E-state index contributed by atoms with van der Waals surface area (Å²) in [7, 11) is 1.82. The minimum absolute atomic E-state index is 0.189. The number of rotatable bonds is 6. The summed E-state index contributed by atoms with van der Waals surface area (Å²) in [6.45, 7) is 4.10. The lowest BCUT2D eigenvalue weighted by molar-refractivity contribution is -0.140. The molecule has 0 heterocycles. The van der Waals surface area contributed by atoms with Gasteiger partial charge in [0, 0.05) is 12.2 Å². The number of carboxylic acid groups (broad SMARTS) is 1. The minimum atomic E-state index is -1.04. The van der Waals surface area contributed by atoms with Crippen molar-refractivity contribution >= 4 is 17.7 Å². The Hall–Kier alpha value is -2.08. The lowest BCUT2D eigenvalue weighted by atomic mass is 10.1. The van der Waals surface area contributed by atoms with Gasteiger partial charge < -0.3 is 21.1 Å². The average molecular weight is 279 g/mol. The standard InChI is InChI=1S/C14H21N3O3/c1-9(2)12(13(18)19)17-14(20)16-11-7-5-4-6-10(11)8-15-3/h4-7,9,12,15H,8H2,1-3H3,(H,18,19)(H2,16,17,20). The van der Waals surface area contributed by atoms with Gasteiger partial charge in [0.2, 0.25) is 0 Å². The Balaban J connectivity index is 2.73. The highest BCUT2D eigenvalue weighted by molar-refractivity contribution is 5.92. The van der Waals surface area contributed by atoms with E-state index in [0.717, 1.165) is 5.56 Å². The average Bonchev–Trinajstić information content (AvgIpc) is 2.38. The summed E-state index contributed by atoms with van der Waals surface area (Å²) in [5.41, 5.74) is 1.59. The number of carbonyl (C=O) groups is 2. The zero-order chi connectivity index (χ0) is 15.1. The van der Waals surface area contributed by atoms with Crippen LogP contribution in [0.3, 0.4) is 0 Å². The van der Waals surface area contributed by atoms with Gasteiger partial charge in [0.15, 0.2) is 0 Å². The summed E-state index contributed by atoms with van der Waals surface area (Å²) in [4.78, 5) is 22.9. The third-order valence-corrected chi connectivity index (χ3v) is 2.85. The number of urea groups is 1. The van der Waals surface area contributed by atoms with E-state index in [2.05, 4.69) is 16.0 Å². The minimum Gasteiger partial charge on any atom is -0.480 e. The maximum absolute atomic E-state index is 11.9. The fourth-order valence-corrected chi connectivity index (χ4v) is 1.80. The van der Waals surface area contributed by atoms with E-state index < -0.39 is 18.0 Å². The van der Waals surface area contributed by atoms with Gasteiger partial charge in [-0.1, -0.05) is 32.0 Å². The molecule has 1 aromatic rings. The van der Waals surface area contributed by atoms with E-state index >= 15 is 0 Å². The summed E-state index contributed by atoms with van der Waals surface area (Å²) < 4.78 is 0. The molecule has 0 saturated carbocycles. The Morgan fingerprint density at radius 3 is 2.45 bits per heavy atom. The zero-order valence-electron chi connectivity index (χ0n) is 11.9. The number of anilines is 1. The highest BCUT2D eigenvalue weighted by atomic mass is 16.4. The molecule has 6 heteroatoms. The van der Waals surface area contributed by atoms with Gasteiger partial charge in [-0.05, 0) is 24.6 Å². The van der Waals surface area contributed by atoms with Gasteiger partial charge >= 0.3 is 12.0 Å². The van der Waals surface area contributed by atoms with Crippen molar-refractivity contribution in [2.75, 3.05) is 12.4 Å². The second-order valence-corrected chi connectivity index (χ2v) is 4.85. The van der Waals surface area contributed by atoms with Gasteiger partial charge in [0.1, 0.15) is 6.04 Å². The fraction of sp³-hybridized carbons (Fsp3) is 0.429. The van der Waals surface area contributed by atoms with Gasteiger partial charge in [0.25, 0.3) is 0 Å². The van der Waals surface area contributed by atoms with Crippen LogP contribution in [0.2, 0.25) is 0 Å². The van der Waals surface area contributed by atoms with Crippen LogP contribution in [0.15, 0.2) is 24.3 Å². The monoisotopic (exact) mass is 279 g/mol. The molecule has 6 nitrogen and oxygen atoms in total. The molecule has 0 aliphatic heterocycles. The number of benzene rings is 1. The molecule has 1 atom stereocenters. The molecule has 0 fully saturated rings. The predicted octanol–water partition coefficient (Wildman–Crippen LogP) is 1.64. The number of aliphatic carboxylic acids is 1. The Morgan fingerprint density at radius 2 is 1.90 bits per heavy atom. The van der Waals surface area contributed by atoms with E-state index in [4.69, 9.17) is 5.11 Å². The van der Waals surface area contributed by atoms with E-state index in [0.29, 0.717) is 12.2 Å². The number of hydrogen-bond acceptors (Lipinski definition) is 3. The number of carbonyl (C=O) groups excluding carboxylic acids is 1. The van der Waals surface area contributed by atoms with Crippen LogP contribution in [0.5, 0.6) is 0 Å². The molecule has 0 radical (unpaired) electrons. The van der Waals surface area contributed by atoms with E-state index in [-0.39, 0.29) is 5.92 Å². The second kappa shape index (κ2) is 7.49. The molecule has 1 rings (SSSR count). The predicted molar refractivity (Wildman–Crippen MR) is 77.6 cm³/mol. The Bertz CT molecular complexity index is 474. The quantitative estimate of drug-likeness (QED) is 0.637. The van der Waals surface area contributed by atoms with Gasteiger partial charge in [-0.2, -0.15) is 0 Å². The number of para-hydroxylation sites is 1. The number of amides is 2. The van der Waals surface area contributed by atoms with E-state index in [1.54, 1.807) is 19.9 Å². The maximum Gasteiger partial charge on any atom is 0.326 e. The molecule has 110 valence electrons. The van der Waals surface area contributed by atoms with Crippen molar-refractivity contribution in [2.45, 2.75) is 26.4 Å². The molecular formula is C14H21N3O3. The summed E-state index contributed by atoms with van der Waals surface area (Å²) in [6, 6.07) is 5.93. The van der Waals surface area contributed by atoms with E-state index in [1.165, 1.54) is 0 Å². The van der Waals surface area contributed by atoms with Crippen molar-refractivity contribution in [3.05, 3.63) is 29.8 Å². The molecule has 0 saturated heterocycles. The molecule has 4 N–H and O–H groups in total. The molecule has 1 unspecified atom stereocenters. The SMILES string of the molecule is CNCc1ccccc1NC(=O)NC(C(=O)O)C(C)C. The van der Waals surface area contributed by atoms with Crippen LogP contribution >= 0.6 is 0 Å². The number of carboxylic acids is 1. The number of hydrogen-bond donors (Lipinski definition) is 4. The van der Waals surface area contributed by atoms with E-state index in [1.807, 2.05) is 25.2 Å². The van der Waals surface area contributed by atoms with Crippen molar-refractivity contribution in [3.63, 3.8) is 0 Å². The first-order valence-corrected chi connectivity index (χ1v) is 6.48. The van der Waals surface area contributed by atoms with Crippen LogP contribution in [0.4, 0.5) is 10.5 Å². The third kappa shape index (κ3) is 4.55. The lowest BCUT2D eigenvalue weighted by Gasteiger charge is -2.19. The molecule has 0 bridgehead atoms. The topological polar surface area (TPSA) is 90.5 Å². The molecule has 0 aliphatic rings. The van der Waals surface area contributed by atoms with Crippen LogP contribution in [0, 0.1) is 5.92 Å². The first kappa shape index (κ1) is 16.0. The normalized spacial score (nSPS) is 12.0. The highest BCUT2D eigenvalue weighted by Crippen LogP contribution is 2.14. The lowest BCUT2D eigenvalue weighted by Crippen LogP contribution is -2.46.